The van der Waals surface area contributed by atoms with Gasteiger partial charge in [0.2, 0.25) is 0 Å². The van der Waals surface area contributed by atoms with E-state index in [9.17, 15) is 19.1 Å². The van der Waals surface area contributed by atoms with E-state index in [1.807, 2.05) is 46.8 Å². The SMILES string of the molecule is CCN(CC)CCN1C(=O)C(=O)/C(=C(/O)c2cc(C(C)C)c(OC)cc2C)C1c1ccc(F)cc1. The quantitative estimate of drug-likeness (QED) is 0.308. The number of methoxy groups -OCH3 is 1. The topological polar surface area (TPSA) is 70.1 Å². The van der Waals surface area contributed by atoms with Crippen molar-refractivity contribution in [3.8, 4) is 5.75 Å². The summed E-state index contributed by atoms with van der Waals surface area (Å²) in [6.45, 7) is 12.4. The molecule has 7 heteroatoms. The summed E-state index contributed by atoms with van der Waals surface area (Å²) in [6.07, 6.45) is 0. The number of aliphatic hydroxyl groups excluding tert-OH is 1. The minimum atomic E-state index is -0.810. The molecule has 2 aromatic carbocycles. The highest BCUT2D eigenvalue weighted by atomic mass is 19.1. The number of amides is 1. The molecule has 1 saturated heterocycles. The van der Waals surface area contributed by atoms with E-state index in [0.717, 1.165) is 24.2 Å². The normalized spacial score (nSPS) is 17.6. The van der Waals surface area contributed by atoms with Gasteiger partial charge in [0.15, 0.2) is 0 Å². The van der Waals surface area contributed by atoms with Crippen molar-refractivity contribution in [3.05, 3.63) is 70.0 Å². The van der Waals surface area contributed by atoms with E-state index in [0.29, 0.717) is 30.0 Å². The first-order chi connectivity index (χ1) is 16.6. The maximum atomic E-state index is 13.7. The van der Waals surface area contributed by atoms with Gasteiger partial charge >= 0.3 is 0 Å². The molecular weight excluding hydrogens is 447 g/mol. The molecule has 1 atom stereocenters. The van der Waals surface area contributed by atoms with Crippen LogP contribution in [0.4, 0.5) is 4.39 Å². The third-order valence-electron chi connectivity index (χ3n) is 6.73. The Balaban J connectivity index is 2.19. The van der Waals surface area contributed by atoms with Gasteiger partial charge in [0.25, 0.3) is 11.7 Å². The molecule has 1 aliphatic heterocycles. The highest BCUT2D eigenvalue weighted by Gasteiger charge is 2.46. The van der Waals surface area contributed by atoms with Crippen molar-refractivity contribution < 1.29 is 23.8 Å². The average Bonchev–Trinajstić information content (AvgIpc) is 3.09. The molecule has 1 fully saturated rings. The Hall–Kier alpha value is -3.19. The van der Waals surface area contributed by atoms with Gasteiger partial charge in [-0.05, 0) is 66.9 Å². The van der Waals surface area contributed by atoms with Gasteiger partial charge < -0.3 is 19.6 Å². The number of carbonyl (C=O) groups excluding carboxylic acids is 2. The van der Waals surface area contributed by atoms with Crippen LogP contribution >= 0.6 is 0 Å². The van der Waals surface area contributed by atoms with Crippen molar-refractivity contribution in [2.24, 2.45) is 0 Å². The fourth-order valence-electron chi connectivity index (χ4n) is 4.62. The Labute approximate surface area is 207 Å². The molecule has 3 rings (SSSR count). The van der Waals surface area contributed by atoms with E-state index >= 15 is 0 Å². The summed E-state index contributed by atoms with van der Waals surface area (Å²) < 4.78 is 19.2. The van der Waals surface area contributed by atoms with Gasteiger partial charge in [-0.1, -0.05) is 39.8 Å². The molecule has 0 spiro atoms. The van der Waals surface area contributed by atoms with Gasteiger partial charge in [-0.3, -0.25) is 9.59 Å². The molecule has 0 aromatic heterocycles. The predicted molar refractivity (Wildman–Crippen MR) is 135 cm³/mol. The van der Waals surface area contributed by atoms with Crippen molar-refractivity contribution in [3.63, 3.8) is 0 Å². The number of likely N-dealkylation sites (tertiary alicyclic amines) is 1. The Bertz CT molecular complexity index is 1120. The lowest BCUT2D eigenvalue weighted by molar-refractivity contribution is -0.140. The number of ether oxygens (including phenoxy) is 1. The van der Waals surface area contributed by atoms with Crippen LogP contribution in [0.2, 0.25) is 0 Å². The van der Waals surface area contributed by atoms with Gasteiger partial charge in [0.1, 0.15) is 17.3 Å². The summed E-state index contributed by atoms with van der Waals surface area (Å²) in [5.74, 6) is -1.24. The largest absolute Gasteiger partial charge is 0.507 e. The molecule has 1 unspecified atom stereocenters. The Morgan fingerprint density at radius 1 is 1.14 bits per heavy atom. The van der Waals surface area contributed by atoms with Crippen LogP contribution in [0.25, 0.3) is 5.76 Å². The number of ketones is 1. The molecule has 2 aromatic rings. The molecule has 0 bridgehead atoms. The van der Waals surface area contributed by atoms with Crippen molar-refractivity contribution in [1.82, 2.24) is 9.80 Å². The minimum absolute atomic E-state index is 0.0177. The maximum Gasteiger partial charge on any atom is 0.295 e. The first kappa shape index (κ1) is 26.4. The molecule has 1 aliphatic rings. The molecule has 6 nitrogen and oxygen atoms in total. The second-order valence-electron chi connectivity index (χ2n) is 9.13. The highest BCUT2D eigenvalue weighted by molar-refractivity contribution is 6.46. The number of nitrogens with zero attached hydrogens (tertiary/aromatic N) is 2. The van der Waals surface area contributed by atoms with Crippen LogP contribution in [0.3, 0.4) is 0 Å². The van der Waals surface area contributed by atoms with Crippen LogP contribution < -0.4 is 4.74 Å². The smallest absolute Gasteiger partial charge is 0.295 e. The number of carbonyl (C=O) groups is 2. The van der Waals surface area contributed by atoms with Crippen molar-refractivity contribution in [2.45, 2.75) is 46.6 Å². The fourth-order valence-corrected chi connectivity index (χ4v) is 4.62. The molecule has 1 N–H and O–H groups in total. The summed E-state index contributed by atoms with van der Waals surface area (Å²) in [4.78, 5) is 30.1. The fraction of sp³-hybridized carbons (Fsp3) is 0.429. The Morgan fingerprint density at radius 2 is 1.77 bits per heavy atom. The van der Waals surface area contributed by atoms with E-state index in [2.05, 4.69) is 4.90 Å². The Morgan fingerprint density at radius 3 is 2.31 bits per heavy atom. The molecular formula is C28H35FN2O4. The molecule has 1 heterocycles. The third kappa shape index (κ3) is 5.25. The number of aliphatic hydroxyl groups is 1. The standard InChI is InChI=1S/C28H35FN2O4/c1-7-30(8-2)13-14-31-25(19-9-11-20(29)12-10-19)24(27(33)28(31)34)26(32)22-16-21(17(3)4)23(35-6)15-18(22)5/h9-12,15-17,25,32H,7-8,13-14H2,1-6H3/b26-24+. The lowest BCUT2D eigenvalue weighted by Crippen LogP contribution is -2.38. The van der Waals surface area contributed by atoms with E-state index in [1.54, 1.807) is 19.2 Å². The van der Waals surface area contributed by atoms with Crippen LogP contribution in [0.15, 0.2) is 42.0 Å². The first-order valence-electron chi connectivity index (χ1n) is 12.1. The van der Waals surface area contributed by atoms with Crippen molar-refractivity contribution in [1.29, 1.82) is 0 Å². The summed E-state index contributed by atoms with van der Waals surface area (Å²) in [5.41, 5.74) is 2.67. The Kier molecular flexibility index (Phi) is 8.33. The van der Waals surface area contributed by atoms with Crippen molar-refractivity contribution in [2.75, 3.05) is 33.3 Å². The summed E-state index contributed by atoms with van der Waals surface area (Å²) >= 11 is 0. The van der Waals surface area contributed by atoms with E-state index in [1.165, 1.54) is 17.0 Å². The van der Waals surface area contributed by atoms with Crippen LogP contribution in [0.5, 0.6) is 5.75 Å². The number of halogens is 1. The minimum Gasteiger partial charge on any atom is -0.507 e. The molecule has 0 saturated carbocycles. The van der Waals surface area contributed by atoms with Crippen LogP contribution in [-0.2, 0) is 9.59 Å². The number of rotatable bonds is 9. The van der Waals surface area contributed by atoms with Crippen LogP contribution in [-0.4, -0.2) is 59.9 Å². The monoisotopic (exact) mass is 482 g/mol. The number of likely N-dealkylation sites (N-methyl/N-ethyl adjacent to an activating group) is 1. The van der Waals surface area contributed by atoms with Gasteiger partial charge in [0, 0.05) is 18.7 Å². The van der Waals surface area contributed by atoms with E-state index in [-0.39, 0.29) is 17.3 Å². The number of hydrogen-bond acceptors (Lipinski definition) is 5. The zero-order valence-corrected chi connectivity index (χ0v) is 21.4. The zero-order chi connectivity index (χ0) is 25.9. The third-order valence-corrected chi connectivity index (χ3v) is 6.73. The van der Waals surface area contributed by atoms with Gasteiger partial charge in [-0.25, -0.2) is 4.39 Å². The lowest BCUT2D eigenvalue weighted by Gasteiger charge is -2.28. The van der Waals surface area contributed by atoms with Gasteiger partial charge in [-0.2, -0.15) is 0 Å². The lowest BCUT2D eigenvalue weighted by atomic mass is 9.91. The number of benzene rings is 2. The average molecular weight is 483 g/mol. The summed E-state index contributed by atoms with van der Waals surface area (Å²) in [6, 6.07) is 8.56. The second kappa shape index (κ2) is 11.0. The molecule has 0 aliphatic carbocycles. The number of hydrogen-bond donors (Lipinski definition) is 1. The number of Topliss-reactive ketones (excluding diaryl/α,β-unsaturated/α-hetero) is 1. The molecule has 188 valence electrons. The second-order valence-corrected chi connectivity index (χ2v) is 9.13. The van der Waals surface area contributed by atoms with Gasteiger partial charge in [0.05, 0.1) is 18.7 Å². The predicted octanol–water partition coefficient (Wildman–Crippen LogP) is 5.03. The van der Waals surface area contributed by atoms with Crippen LogP contribution in [0.1, 0.15) is 61.9 Å². The van der Waals surface area contributed by atoms with E-state index in [4.69, 9.17) is 4.74 Å². The first-order valence-corrected chi connectivity index (χ1v) is 12.1. The molecule has 1 amide bonds. The highest BCUT2D eigenvalue weighted by Crippen LogP contribution is 2.41. The molecule has 35 heavy (non-hydrogen) atoms. The zero-order valence-electron chi connectivity index (χ0n) is 21.4. The summed E-state index contributed by atoms with van der Waals surface area (Å²) in [5, 5.41) is 11.5. The summed E-state index contributed by atoms with van der Waals surface area (Å²) in [7, 11) is 1.59. The van der Waals surface area contributed by atoms with E-state index < -0.39 is 23.5 Å². The van der Waals surface area contributed by atoms with Gasteiger partial charge in [-0.15, -0.1) is 0 Å². The van der Waals surface area contributed by atoms with Crippen molar-refractivity contribution >= 4 is 17.4 Å². The van der Waals surface area contributed by atoms with Crippen LogP contribution in [0, 0.1) is 12.7 Å². The molecule has 0 radical (unpaired) electrons. The maximum absolute atomic E-state index is 13.7. The number of aryl methyl sites for hydroxylation is 1.